The quantitative estimate of drug-likeness (QED) is 0.703. The van der Waals surface area contributed by atoms with E-state index in [0.29, 0.717) is 29.6 Å². The van der Waals surface area contributed by atoms with E-state index in [2.05, 4.69) is 21.2 Å². The number of nitrogens with zero attached hydrogens (tertiary/aromatic N) is 1. The van der Waals surface area contributed by atoms with Crippen molar-refractivity contribution in [1.82, 2.24) is 10.2 Å². The Morgan fingerprint density at radius 2 is 1.96 bits per heavy atom. The van der Waals surface area contributed by atoms with Gasteiger partial charge in [-0.25, -0.2) is 0 Å². The summed E-state index contributed by atoms with van der Waals surface area (Å²) < 4.78 is 6.47. The summed E-state index contributed by atoms with van der Waals surface area (Å²) in [7, 11) is 1.85. The molecule has 2 aromatic rings. The Labute approximate surface area is 162 Å². The van der Waals surface area contributed by atoms with Crippen molar-refractivity contribution in [3.8, 4) is 5.75 Å². The normalized spacial score (nSPS) is 10.2. The van der Waals surface area contributed by atoms with Crippen LogP contribution in [0.3, 0.4) is 0 Å². The minimum absolute atomic E-state index is 0.280. The summed E-state index contributed by atoms with van der Waals surface area (Å²) in [6.45, 7) is 3.20. The van der Waals surface area contributed by atoms with Crippen molar-refractivity contribution in [3.63, 3.8) is 0 Å². The van der Waals surface area contributed by atoms with Crippen LogP contribution in [0.2, 0.25) is 0 Å². The Hall–Kier alpha value is -1.92. The molecule has 0 saturated heterocycles. The fourth-order valence-corrected chi connectivity index (χ4v) is 2.72. The fraction of sp³-hybridized carbons (Fsp3) is 0.263. The predicted molar refractivity (Wildman–Crippen MR) is 108 cm³/mol. The van der Waals surface area contributed by atoms with Gasteiger partial charge in [-0.1, -0.05) is 53.2 Å². The van der Waals surface area contributed by atoms with Crippen molar-refractivity contribution >= 4 is 39.2 Å². The molecule has 0 spiro atoms. The minimum Gasteiger partial charge on any atom is -0.493 e. The van der Waals surface area contributed by atoms with Gasteiger partial charge in [-0.2, -0.15) is 0 Å². The number of rotatable bonds is 6. The number of ether oxygens (including phenoxy) is 1. The topological polar surface area (TPSA) is 41.6 Å². The van der Waals surface area contributed by atoms with Crippen LogP contribution in [0.1, 0.15) is 29.3 Å². The highest BCUT2D eigenvalue weighted by Gasteiger charge is 2.16. The number of hydrogen-bond acceptors (Lipinski definition) is 3. The summed E-state index contributed by atoms with van der Waals surface area (Å²) >= 11 is 8.75. The molecule has 0 saturated carbocycles. The van der Waals surface area contributed by atoms with Gasteiger partial charge in [-0.05, 0) is 42.4 Å². The van der Waals surface area contributed by atoms with E-state index >= 15 is 0 Å². The molecular weight excluding hydrogens is 400 g/mol. The number of amides is 1. The van der Waals surface area contributed by atoms with Crippen molar-refractivity contribution in [3.05, 3.63) is 64.1 Å². The van der Waals surface area contributed by atoms with Gasteiger partial charge in [-0.15, -0.1) is 0 Å². The second-order valence-corrected chi connectivity index (χ2v) is 6.89. The van der Waals surface area contributed by atoms with E-state index in [-0.39, 0.29) is 5.91 Å². The molecule has 132 valence electrons. The van der Waals surface area contributed by atoms with Crippen molar-refractivity contribution < 1.29 is 9.53 Å². The third-order valence-electron chi connectivity index (χ3n) is 3.48. The van der Waals surface area contributed by atoms with Gasteiger partial charge in [-0.3, -0.25) is 10.1 Å². The SMILES string of the molecule is CCCOc1ccc(Br)cc1C(=O)NC(=S)N(C)Cc1ccccc1. The first-order valence-electron chi connectivity index (χ1n) is 8.04. The van der Waals surface area contributed by atoms with Gasteiger partial charge >= 0.3 is 0 Å². The molecule has 0 aromatic heterocycles. The lowest BCUT2D eigenvalue weighted by Crippen LogP contribution is -2.40. The Kier molecular flexibility index (Phi) is 7.40. The molecule has 0 unspecified atom stereocenters. The van der Waals surface area contributed by atoms with Gasteiger partial charge in [0.15, 0.2) is 5.11 Å². The second kappa shape index (κ2) is 9.53. The maximum absolute atomic E-state index is 12.6. The molecule has 1 N–H and O–H groups in total. The molecule has 0 heterocycles. The average Bonchev–Trinajstić information content (AvgIpc) is 2.61. The highest BCUT2D eigenvalue weighted by Crippen LogP contribution is 2.23. The molecule has 0 aliphatic carbocycles. The molecule has 0 radical (unpaired) electrons. The van der Waals surface area contributed by atoms with Crippen LogP contribution >= 0.6 is 28.1 Å². The Bertz CT molecular complexity index is 737. The number of carbonyl (C=O) groups excluding carboxylic acids is 1. The summed E-state index contributed by atoms with van der Waals surface area (Å²) in [5, 5.41) is 3.15. The lowest BCUT2D eigenvalue weighted by molar-refractivity contribution is 0.0969. The molecule has 1 amide bonds. The fourth-order valence-electron chi connectivity index (χ4n) is 2.21. The average molecular weight is 421 g/mol. The summed E-state index contributed by atoms with van der Waals surface area (Å²) in [4.78, 5) is 14.4. The van der Waals surface area contributed by atoms with E-state index in [1.165, 1.54) is 0 Å². The van der Waals surface area contributed by atoms with Gasteiger partial charge < -0.3 is 9.64 Å². The van der Waals surface area contributed by atoms with Gasteiger partial charge in [0.25, 0.3) is 5.91 Å². The van der Waals surface area contributed by atoms with E-state index in [4.69, 9.17) is 17.0 Å². The maximum atomic E-state index is 12.6. The van der Waals surface area contributed by atoms with E-state index in [1.54, 1.807) is 12.1 Å². The third kappa shape index (κ3) is 5.83. The smallest absolute Gasteiger partial charge is 0.261 e. The van der Waals surface area contributed by atoms with Crippen LogP contribution in [0.4, 0.5) is 0 Å². The second-order valence-electron chi connectivity index (χ2n) is 5.59. The Morgan fingerprint density at radius 3 is 2.64 bits per heavy atom. The zero-order valence-electron chi connectivity index (χ0n) is 14.3. The van der Waals surface area contributed by atoms with Crippen LogP contribution in [0.5, 0.6) is 5.75 Å². The minimum atomic E-state index is -0.280. The first kappa shape index (κ1) is 19.4. The van der Waals surface area contributed by atoms with Gasteiger partial charge in [0.2, 0.25) is 0 Å². The lowest BCUT2D eigenvalue weighted by Gasteiger charge is -2.21. The number of carbonyl (C=O) groups is 1. The summed E-state index contributed by atoms with van der Waals surface area (Å²) in [5.74, 6) is 0.272. The van der Waals surface area contributed by atoms with Crippen LogP contribution in [0, 0.1) is 0 Å². The molecule has 0 fully saturated rings. The van der Waals surface area contributed by atoms with E-state index in [1.807, 2.05) is 55.3 Å². The predicted octanol–water partition coefficient (Wildman–Crippen LogP) is 4.38. The third-order valence-corrected chi connectivity index (χ3v) is 4.38. The molecule has 0 aliphatic rings. The molecule has 0 atom stereocenters. The monoisotopic (exact) mass is 420 g/mol. The van der Waals surface area contributed by atoms with Crippen molar-refractivity contribution in [2.24, 2.45) is 0 Å². The van der Waals surface area contributed by atoms with E-state index < -0.39 is 0 Å². The van der Waals surface area contributed by atoms with Gasteiger partial charge in [0, 0.05) is 18.1 Å². The first-order valence-corrected chi connectivity index (χ1v) is 9.24. The largest absolute Gasteiger partial charge is 0.493 e. The van der Waals surface area contributed by atoms with E-state index in [9.17, 15) is 4.79 Å². The Balaban J connectivity index is 2.05. The van der Waals surface area contributed by atoms with Crippen LogP contribution in [-0.2, 0) is 6.54 Å². The number of nitrogens with one attached hydrogen (secondary N) is 1. The van der Waals surface area contributed by atoms with Crippen LogP contribution in [0.25, 0.3) is 0 Å². The maximum Gasteiger partial charge on any atom is 0.261 e. The van der Waals surface area contributed by atoms with Crippen molar-refractivity contribution in [2.45, 2.75) is 19.9 Å². The molecule has 4 nitrogen and oxygen atoms in total. The Morgan fingerprint density at radius 1 is 1.24 bits per heavy atom. The van der Waals surface area contributed by atoms with Gasteiger partial charge in [0.05, 0.1) is 12.2 Å². The first-order chi connectivity index (χ1) is 12.0. The van der Waals surface area contributed by atoms with Crippen LogP contribution in [0.15, 0.2) is 53.0 Å². The molecule has 6 heteroatoms. The summed E-state index contributed by atoms with van der Waals surface area (Å²) in [5.41, 5.74) is 1.58. The van der Waals surface area contributed by atoms with Crippen LogP contribution < -0.4 is 10.1 Å². The number of halogens is 1. The van der Waals surface area contributed by atoms with Crippen LogP contribution in [-0.4, -0.2) is 29.6 Å². The standard InChI is InChI=1S/C19H21BrN2O2S/c1-3-11-24-17-10-9-15(20)12-16(17)18(23)21-19(25)22(2)13-14-7-5-4-6-8-14/h4-10,12H,3,11,13H2,1-2H3,(H,21,23,25). The zero-order chi connectivity index (χ0) is 18.2. The molecule has 0 bridgehead atoms. The molecule has 2 aromatic carbocycles. The number of hydrogen-bond donors (Lipinski definition) is 1. The molecular formula is C19H21BrN2O2S. The van der Waals surface area contributed by atoms with Crippen molar-refractivity contribution in [1.29, 1.82) is 0 Å². The lowest BCUT2D eigenvalue weighted by atomic mass is 10.2. The van der Waals surface area contributed by atoms with E-state index in [0.717, 1.165) is 16.5 Å². The summed E-state index contributed by atoms with van der Waals surface area (Å²) in [6.07, 6.45) is 0.870. The van der Waals surface area contributed by atoms with Gasteiger partial charge in [0.1, 0.15) is 5.75 Å². The number of thiocarbonyl (C=S) groups is 1. The summed E-state index contributed by atoms with van der Waals surface area (Å²) in [6, 6.07) is 15.3. The highest BCUT2D eigenvalue weighted by molar-refractivity contribution is 9.10. The molecule has 2 rings (SSSR count). The molecule has 0 aliphatic heterocycles. The zero-order valence-corrected chi connectivity index (χ0v) is 16.7. The molecule has 25 heavy (non-hydrogen) atoms. The highest BCUT2D eigenvalue weighted by atomic mass is 79.9. The number of benzene rings is 2. The van der Waals surface area contributed by atoms with Crippen molar-refractivity contribution in [2.75, 3.05) is 13.7 Å².